The fourth-order valence-corrected chi connectivity index (χ4v) is 1.66. The maximum absolute atomic E-state index is 12.7. The molecule has 0 fully saturated rings. The number of primary amides is 1. The van der Waals surface area contributed by atoms with Crippen LogP contribution in [0.1, 0.15) is 10.5 Å². The largest absolute Gasteiger partial charge is 0.505 e. The topological polar surface area (TPSA) is 73.8 Å². The van der Waals surface area contributed by atoms with Crippen molar-refractivity contribution >= 4 is 17.5 Å². The number of carbonyl (C=O) groups is 1. The molecule has 0 saturated heterocycles. The van der Waals surface area contributed by atoms with Gasteiger partial charge in [-0.1, -0.05) is 11.6 Å². The molecule has 2 rings (SSSR count). The Balaban J connectivity index is 2.62. The van der Waals surface area contributed by atoms with Gasteiger partial charge >= 0.3 is 6.30 Å². The number of hydrogen-bond acceptors (Lipinski definition) is 3. The van der Waals surface area contributed by atoms with Gasteiger partial charge < -0.3 is 5.73 Å². The molecule has 0 aliphatic heterocycles. The van der Waals surface area contributed by atoms with Crippen LogP contribution in [0.25, 0.3) is 11.4 Å². The van der Waals surface area contributed by atoms with Crippen LogP contribution in [-0.2, 0) is 6.30 Å². The molecule has 0 unspecified atom stereocenters. The third kappa shape index (κ3) is 2.53. The highest BCUT2D eigenvalue weighted by atomic mass is 35.5. The normalized spacial score (nSPS) is 11.6. The lowest BCUT2D eigenvalue weighted by molar-refractivity contribution is -0.212. The van der Waals surface area contributed by atoms with Crippen LogP contribution in [0.3, 0.4) is 0 Å². The van der Waals surface area contributed by atoms with Gasteiger partial charge in [-0.25, -0.2) is 0 Å². The van der Waals surface area contributed by atoms with Gasteiger partial charge in [-0.3, -0.25) is 9.78 Å². The molecule has 0 spiro atoms. The van der Waals surface area contributed by atoms with E-state index in [4.69, 9.17) is 17.3 Å². The standard InChI is InChI=1S/C10H6ClF3N4O/c11-5-2-1-3-16-8(5)6-4-7(9(15)19)18(17-6)10(12,13)14/h1-4H,(H2,15,19). The van der Waals surface area contributed by atoms with Crippen molar-refractivity contribution in [3.8, 4) is 11.4 Å². The summed E-state index contributed by atoms with van der Waals surface area (Å²) in [6.45, 7) is 0. The molecule has 5 nitrogen and oxygen atoms in total. The molecule has 2 aromatic rings. The fourth-order valence-electron chi connectivity index (χ4n) is 1.44. The van der Waals surface area contributed by atoms with Crippen LogP contribution in [0.15, 0.2) is 24.4 Å². The van der Waals surface area contributed by atoms with Crippen LogP contribution in [0.5, 0.6) is 0 Å². The molecule has 9 heteroatoms. The summed E-state index contributed by atoms with van der Waals surface area (Å²) in [6.07, 6.45) is -3.51. The van der Waals surface area contributed by atoms with E-state index in [0.717, 1.165) is 6.07 Å². The number of nitrogens with two attached hydrogens (primary N) is 1. The second-order valence-electron chi connectivity index (χ2n) is 3.49. The van der Waals surface area contributed by atoms with Crippen LogP contribution < -0.4 is 5.73 Å². The maximum atomic E-state index is 12.7. The number of rotatable bonds is 2. The first kappa shape index (κ1) is 13.3. The monoisotopic (exact) mass is 290 g/mol. The number of halogens is 4. The Kier molecular flexibility index (Phi) is 3.19. The predicted molar refractivity (Wildman–Crippen MR) is 60.3 cm³/mol. The molecule has 2 N–H and O–H groups in total. The molecule has 0 saturated carbocycles. The zero-order valence-electron chi connectivity index (χ0n) is 9.15. The van der Waals surface area contributed by atoms with Crippen molar-refractivity contribution in [2.75, 3.05) is 0 Å². The summed E-state index contributed by atoms with van der Waals surface area (Å²) in [5, 5.41) is 3.39. The number of alkyl halides is 3. The quantitative estimate of drug-likeness (QED) is 0.921. The van der Waals surface area contributed by atoms with Crippen LogP contribution in [0.4, 0.5) is 13.2 Å². The Morgan fingerprint density at radius 2 is 2.11 bits per heavy atom. The van der Waals surface area contributed by atoms with Crippen molar-refractivity contribution in [2.24, 2.45) is 5.73 Å². The van der Waals surface area contributed by atoms with Gasteiger partial charge in [0, 0.05) is 6.20 Å². The predicted octanol–water partition coefficient (Wildman–Crippen LogP) is 2.17. The molecule has 0 aliphatic rings. The van der Waals surface area contributed by atoms with Crippen molar-refractivity contribution < 1.29 is 18.0 Å². The third-order valence-corrected chi connectivity index (χ3v) is 2.51. The van der Waals surface area contributed by atoms with E-state index < -0.39 is 22.6 Å². The third-order valence-electron chi connectivity index (χ3n) is 2.20. The molecule has 0 bridgehead atoms. The van der Waals surface area contributed by atoms with E-state index >= 15 is 0 Å². The molecule has 19 heavy (non-hydrogen) atoms. The molecule has 2 aromatic heterocycles. The van der Waals surface area contributed by atoms with Crippen LogP contribution in [0, 0.1) is 0 Å². The Morgan fingerprint density at radius 3 is 2.58 bits per heavy atom. The average Bonchev–Trinajstić information content (AvgIpc) is 2.74. The Hall–Kier alpha value is -2.09. The van der Waals surface area contributed by atoms with E-state index in [0.29, 0.717) is 0 Å². The number of amides is 1. The van der Waals surface area contributed by atoms with Gasteiger partial charge in [0.05, 0.1) is 5.02 Å². The second-order valence-corrected chi connectivity index (χ2v) is 3.90. The summed E-state index contributed by atoms with van der Waals surface area (Å²) >= 11 is 5.81. The van der Waals surface area contributed by atoms with E-state index in [-0.39, 0.29) is 16.4 Å². The molecule has 0 radical (unpaired) electrons. The fraction of sp³-hybridized carbons (Fsp3) is 0.100. The Bertz CT molecular complexity index is 638. The van der Waals surface area contributed by atoms with Crippen molar-refractivity contribution in [1.82, 2.24) is 14.8 Å². The summed E-state index contributed by atoms with van der Waals surface area (Å²) in [6, 6.07) is 3.85. The van der Waals surface area contributed by atoms with Crippen molar-refractivity contribution in [2.45, 2.75) is 6.30 Å². The van der Waals surface area contributed by atoms with Crippen molar-refractivity contribution in [1.29, 1.82) is 0 Å². The zero-order valence-corrected chi connectivity index (χ0v) is 9.90. The zero-order chi connectivity index (χ0) is 14.2. The van der Waals surface area contributed by atoms with E-state index in [1.807, 2.05) is 0 Å². The number of pyridine rings is 1. The molecule has 0 aromatic carbocycles. The summed E-state index contributed by atoms with van der Waals surface area (Å²) in [5.74, 6) is -1.25. The lowest BCUT2D eigenvalue weighted by Crippen LogP contribution is -2.26. The molecule has 1 amide bonds. The average molecular weight is 291 g/mol. The first-order chi connectivity index (χ1) is 8.80. The first-order valence-electron chi connectivity index (χ1n) is 4.88. The number of aromatic nitrogens is 3. The summed E-state index contributed by atoms with van der Waals surface area (Å²) in [5.41, 5.74) is 3.95. The van der Waals surface area contributed by atoms with Gasteiger partial charge in [0.15, 0.2) is 0 Å². The molecule has 100 valence electrons. The van der Waals surface area contributed by atoms with Gasteiger partial charge in [-0.05, 0) is 18.2 Å². The Labute approximate surface area is 109 Å². The summed E-state index contributed by atoms with van der Waals surface area (Å²) in [7, 11) is 0. The first-order valence-corrected chi connectivity index (χ1v) is 5.26. The van der Waals surface area contributed by atoms with Gasteiger partial charge in [0.25, 0.3) is 5.91 Å². The number of hydrogen-bond donors (Lipinski definition) is 1. The van der Waals surface area contributed by atoms with Gasteiger partial charge in [-0.15, -0.1) is 13.2 Å². The van der Waals surface area contributed by atoms with Gasteiger partial charge in [0.2, 0.25) is 0 Å². The van der Waals surface area contributed by atoms with Gasteiger partial charge in [0.1, 0.15) is 17.1 Å². The van der Waals surface area contributed by atoms with Crippen molar-refractivity contribution in [3.63, 3.8) is 0 Å². The number of carbonyl (C=O) groups excluding carboxylic acids is 1. The molecule has 2 heterocycles. The van der Waals surface area contributed by atoms with Gasteiger partial charge in [-0.2, -0.15) is 9.78 Å². The van der Waals surface area contributed by atoms with Crippen LogP contribution >= 0.6 is 11.6 Å². The highest BCUT2D eigenvalue weighted by molar-refractivity contribution is 6.32. The van der Waals surface area contributed by atoms with E-state index in [2.05, 4.69) is 10.1 Å². The van der Waals surface area contributed by atoms with E-state index in [1.165, 1.54) is 18.3 Å². The molecule has 0 aliphatic carbocycles. The van der Waals surface area contributed by atoms with E-state index in [9.17, 15) is 18.0 Å². The summed E-state index contributed by atoms with van der Waals surface area (Å²) in [4.78, 5) is 14.8. The van der Waals surface area contributed by atoms with Crippen LogP contribution in [-0.4, -0.2) is 20.7 Å². The second kappa shape index (κ2) is 4.54. The van der Waals surface area contributed by atoms with Crippen LogP contribution in [0.2, 0.25) is 5.02 Å². The Morgan fingerprint density at radius 1 is 1.42 bits per heavy atom. The minimum atomic E-state index is -4.86. The minimum absolute atomic E-state index is 0.0367. The number of nitrogens with zero attached hydrogens (tertiary/aromatic N) is 3. The molecular formula is C10H6ClF3N4O. The highest BCUT2D eigenvalue weighted by Gasteiger charge is 2.36. The lowest BCUT2D eigenvalue weighted by atomic mass is 10.2. The molecular weight excluding hydrogens is 285 g/mol. The smallest absolute Gasteiger partial charge is 0.364 e. The van der Waals surface area contributed by atoms with E-state index in [1.54, 1.807) is 0 Å². The SMILES string of the molecule is NC(=O)c1cc(-c2ncccc2Cl)nn1C(F)(F)F. The highest BCUT2D eigenvalue weighted by Crippen LogP contribution is 2.29. The summed E-state index contributed by atoms with van der Waals surface area (Å²) < 4.78 is 37.6. The maximum Gasteiger partial charge on any atom is 0.505 e. The molecule has 0 atom stereocenters. The lowest BCUT2D eigenvalue weighted by Gasteiger charge is -2.07. The minimum Gasteiger partial charge on any atom is -0.364 e. The van der Waals surface area contributed by atoms with Crippen molar-refractivity contribution in [3.05, 3.63) is 35.1 Å².